The molecule has 10 aromatic rings. The van der Waals surface area contributed by atoms with Crippen LogP contribution in [0.4, 0.5) is 0 Å². The van der Waals surface area contributed by atoms with E-state index in [4.69, 9.17) is 15.0 Å². The summed E-state index contributed by atoms with van der Waals surface area (Å²) in [6.45, 7) is 0. The van der Waals surface area contributed by atoms with Crippen LogP contribution in [0.15, 0.2) is 170 Å². The first kappa shape index (κ1) is 28.0. The standard InChI is InChI=1S/C47H28N4/c1-3-13-29(14-4-1)45-48-46(30-15-5-2-6-16-30)50-47(49-45)33-19-11-20-34(25-33)51-41-27-32-18-8-7-17-31(32)26-40(41)44-38-24-12-23-37-35-21-9-10-22-36(35)39(43(37)38)28-42(44)51/h1-28H. The first-order valence-electron chi connectivity index (χ1n) is 17.3. The molecule has 0 fully saturated rings. The van der Waals surface area contributed by atoms with E-state index >= 15 is 0 Å². The molecule has 0 saturated heterocycles. The molecule has 4 heteroatoms. The molecule has 0 saturated carbocycles. The van der Waals surface area contributed by atoms with Gasteiger partial charge in [-0.25, -0.2) is 15.0 Å². The van der Waals surface area contributed by atoms with E-state index in [9.17, 15) is 0 Å². The van der Waals surface area contributed by atoms with Gasteiger partial charge in [0.15, 0.2) is 17.5 Å². The molecule has 8 aromatic carbocycles. The van der Waals surface area contributed by atoms with Crippen LogP contribution in [0.3, 0.4) is 0 Å². The highest BCUT2D eigenvalue weighted by atomic mass is 15.0. The van der Waals surface area contributed by atoms with Gasteiger partial charge in [0, 0.05) is 33.2 Å². The third-order valence-electron chi connectivity index (χ3n) is 10.3. The molecule has 0 radical (unpaired) electrons. The van der Waals surface area contributed by atoms with Crippen LogP contribution in [-0.2, 0) is 0 Å². The van der Waals surface area contributed by atoms with Crippen molar-refractivity contribution in [1.82, 2.24) is 19.5 Å². The molecular weight excluding hydrogens is 621 g/mol. The second-order valence-electron chi connectivity index (χ2n) is 13.2. The minimum absolute atomic E-state index is 0.637. The molecule has 1 aliphatic carbocycles. The van der Waals surface area contributed by atoms with Crippen molar-refractivity contribution in [2.24, 2.45) is 0 Å². The van der Waals surface area contributed by atoms with E-state index in [1.165, 1.54) is 65.6 Å². The molecule has 0 spiro atoms. The van der Waals surface area contributed by atoms with Gasteiger partial charge in [-0.3, -0.25) is 0 Å². The van der Waals surface area contributed by atoms with Crippen molar-refractivity contribution in [3.05, 3.63) is 170 Å². The zero-order valence-electron chi connectivity index (χ0n) is 27.5. The van der Waals surface area contributed by atoms with Gasteiger partial charge in [0.1, 0.15) is 0 Å². The van der Waals surface area contributed by atoms with Gasteiger partial charge < -0.3 is 4.57 Å². The van der Waals surface area contributed by atoms with E-state index in [2.05, 4.69) is 114 Å². The van der Waals surface area contributed by atoms with Gasteiger partial charge in [-0.05, 0) is 74.1 Å². The molecule has 2 heterocycles. The fraction of sp³-hybridized carbons (Fsp3) is 0. The lowest BCUT2D eigenvalue weighted by molar-refractivity contribution is 1.07. The van der Waals surface area contributed by atoms with Crippen LogP contribution in [-0.4, -0.2) is 19.5 Å². The van der Waals surface area contributed by atoms with Crippen LogP contribution < -0.4 is 0 Å². The fourth-order valence-electron chi connectivity index (χ4n) is 8.06. The van der Waals surface area contributed by atoms with Crippen LogP contribution in [0.2, 0.25) is 0 Å². The molecule has 0 amide bonds. The van der Waals surface area contributed by atoms with Crippen LogP contribution in [0.5, 0.6) is 0 Å². The van der Waals surface area contributed by atoms with Crippen molar-refractivity contribution in [3.8, 4) is 62.1 Å². The third kappa shape index (κ3) is 4.23. The van der Waals surface area contributed by atoms with E-state index in [0.29, 0.717) is 17.5 Å². The molecule has 2 aromatic heterocycles. The lowest BCUT2D eigenvalue weighted by Gasteiger charge is -2.12. The van der Waals surface area contributed by atoms with Crippen molar-refractivity contribution in [2.75, 3.05) is 0 Å². The largest absolute Gasteiger partial charge is 0.309 e. The Morgan fingerprint density at radius 1 is 0.333 bits per heavy atom. The topological polar surface area (TPSA) is 43.6 Å². The maximum absolute atomic E-state index is 5.06. The van der Waals surface area contributed by atoms with Crippen molar-refractivity contribution in [3.63, 3.8) is 0 Å². The predicted molar refractivity (Wildman–Crippen MR) is 210 cm³/mol. The number of benzene rings is 8. The summed E-state index contributed by atoms with van der Waals surface area (Å²) in [5, 5.41) is 7.57. The summed E-state index contributed by atoms with van der Waals surface area (Å²) in [7, 11) is 0. The molecule has 1 aliphatic rings. The highest BCUT2D eigenvalue weighted by Crippen LogP contribution is 2.51. The fourth-order valence-corrected chi connectivity index (χ4v) is 8.06. The highest BCUT2D eigenvalue weighted by molar-refractivity contribution is 6.30. The minimum Gasteiger partial charge on any atom is -0.309 e. The predicted octanol–water partition coefficient (Wildman–Crippen LogP) is 11.9. The Hall–Kier alpha value is -6.91. The number of hydrogen-bond acceptors (Lipinski definition) is 3. The number of nitrogens with zero attached hydrogens (tertiary/aromatic N) is 4. The van der Waals surface area contributed by atoms with Crippen molar-refractivity contribution in [1.29, 1.82) is 0 Å². The molecule has 0 atom stereocenters. The van der Waals surface area contributed by atoms with Crippen molar-refractivity contribution < 1.29 is 0 Å². The van der Waals surface area contributed by atoms with Crippen molar-refractivity contribution >= 4 is 43.4 Å². The highest BCUT2D eigenvalue weighted by Gasteiger charge is 2.25. The van der Waals surface area contributed by atoms with E-state index in [0.717, 1.165) is 22.4 Å². The Bertz CT molecular complexity index is 2960. The molecule has 0 N–H and O–H groups in total. The molecule has 4 nitrogen and oxygen atoms in total. The maximum atomic E-state index is 5.06. The van der Waals surface area contributed by atoms with E-state index in [-0.39, 0.29) is 0 Å². The summed E-state index contributed by atoms with van der Waals surface area (Å²) in [6.07, 6.45) is 0. The van der Waals surface area contributed by atoms with E-state index < -0.39 is 0 Å². The quantitative estimate of drug-likeness (QED) is 0.191. The Morgan fingerprint density at radius 2 is 0.882 bits per heavy atom. The van der Waals surface area contributed by atoms with Crippen LogP contribution >= 0.6 is 0 Å². The Kier molecular flexibility index (Phi) is 5.92. The maximum Gasteiger partial charge on any atom is 0.164 e. The zero-order valence-corrected chi connectivity index (χ0v) is 27.5. The second-order valence-corrected chi connectivity index (χ2v) is 13.2. The summed E-state index contributed by atoms with van der Waals surface area (Å²) in [5.74, 6) is 1.94. The number of hydrogen-bond donors (Lipinski definition) is 0. The number of fused-ring (bicyclic) bond motifs is 8. The van der Waals surface area contributed by atoms with Crippen LogP contribution in [0.25, 0.3) is 105 Å². The lowest BCUT2D eigenvalue weighted by atomic mass is 9.97. The summed E-state index contributed by atoms with van der Waals surface area (Å²) >= 11 is 0. The first-order chi connectivity index (χ1) is 25.3. The second kappa shape index (κ2) is 10.8. The Morgan fingerprint density at radius 3 is 1.59 bits per heavy atom. The van der Waals surface area contributed by atoms with Gasteiger partial charge in [-0.1, -0.05) is 140 Å². The smallest absolute Gasteiger partial charge is 0.164 e. The normalized spacial score (nSPS) is 11.9. The Balaban J connectivity index is 1.20. The summed E-state index contributed by atoms with van der Waals surface area (Å²) in [6, 6.07) is 60.3. The van der Waals surface area contributed by atoms with E-state index in [1.54, 1.807) is 0 Å². The van der Waals surface area contributed by atoms with Crippen LogP contribution in [0.1, 0.15) is 0 Å². The SMILES string of the molecule is c1ccc(-c2nc(-c3ccccc3)nc(-c3cccc(-n4c5cc6ccccc6cc5c5c6cccc7c6c(cc54)-c4ccccc4-7)c3)n2)cc1. The first-order valence-corrected chi connectivity index (χ1v) is 17.3. The van der Waals surface area contributed by atoms with Gasteiger partial charge in [0.25, 0.3) is 0 Å². The van der Waals surface area contributed by atoms with E-state index in [1.807, 2.05) is 60.7 Å². The summed E-state index contributed by atoms with van der Waals surface area (Å²) in [4.78, 5) is 15.0. The molecule has 0 unspecified atom stereocenters. The molecule has 0 aliphatic heterocycles. The summed E-state index contributed by atoms with van der Waals surface area (Å²) < 4.78 is 2.43. The monoisotopic (exact) mass is 648 g/mol. The van der Waals surface area contributed by atoms with Gasteiger partial charge in [0.2, 0.25) is 0 Å². The van der Waals surface area contributed by atoms with Crippen molar-refractivity contribution in [2.45, 2.75) is 0 Å². The molecule has 236 valence electrons. The number of rotatable bonds is 4. The minimum atomic E-state index is 0.637. The Labute approximate surface area is 294 Å². The third-order valence-corrected chi connectivity index (χ3v) is 10.3. The summed E-state index contributed by atoms with van der Waals surface area (Å²) in [5.41, 5.74) is 11.4. The van der Waals surface area contributed by atoms with Gasteiger partial charge in [0.05, 0.1) is 11.0 Å². The van der Waals surface area contributed by atoms with Gasteiger partial charge in [-0.2, -0.15) is 0 Å². The van der Waals surface area contributed by atoms with Gasteiger partial charge in [-0.15, -0.1) is 0 Å². The lowest BCUT2D eigenvalue weighted by Crippen LogP contribution is -2.01. The van der Waals surface area contributed by atoms with Gasteiger partial charge >= 0.3 is 0 Å². The van der Waals surface area contributed by atoms with Crippen LogP contribution in [0, 0.1) is 0 Å². The molecular formula is C47H28N4. The zero-order chi connectivity index (χ0) is 33.5. The molecule has 0 bridgehead atoms. The number of aromatic nitrogens is 4. The average Bonchev–Trinajstić information content (AvgIpc) is 3.70. The molecule has 51 heavy (non-hydrogen) atoms. The average molecular weight is 649 g/mol. The molecule has 11 rings (SSSR count).